The van der Waals surface area contributed by atoms with Crippen LogP contribution in [0.3, 0.4) is 0 Å². The summed E-state index contributed by atoms with van der Waals surface area (Å²) in [5.41, 5.74) is 6.67. The Morgan fingerprint density at radius 1 is 1.10 bits per heavy atom. The Kier molecular flexibility index (Phi) is 5.22. The minimum atomic E-state index is -1.56. The highest BCUT2D eigenvalue weighted by Crippen LogP contribution is 2.21. The molecule has 2 aromatic carbocycles. The van der Waals surface area contributed by atoms with Gasteiger partial charge in [0.2, 0.25) is 5.91 Å². The van der Waals surface area contributed by atoms with Gasteiger partial charge in [-0.2, -0.15) is 0 Å². The standard InChI is InChI=1S/C14H12Cl2N2O2S/c15-9-1-4-11(5-2-9)18-14(19)8-21(20)13-7-10(16)3-6-12(13)17/h1-7H,8,17H2,(H,18,19). The molecule has 4 nitrogen and oxygen atoms in total. The first-order valence-electron chi connectivity index (χ1n) is 5.94. The summed E-state index contributed by atoms with van der Waals surface area (Å²) < 4.78 is 12.2. The fraction of sp³-hybridized carbons (Fsp3) is 0.0714. The number of nitrogens with two attached hydrogens (primary N) is 1. The van der Waals surface area contributed by atoms with E-state index in [2.05, 4.69) is 5.32 Å². The lowest BCUT2D eigenvalue weighted by Crippen LogP contribution is -2.20. The van der Waals surface area contributed by atoms with Crippen LogP contribution in [0.1, 0.15) is 0 Å². The van der Waals surface area contributed by atoms with Crippen molar-refractivity contribution in [2.24, 2.45) is 0 Å². The number of rotatable bonds is 4. The number of nitrogens with one attached hydrogen (secondary N) is 1. The third-order valence-electron chi connectivity index (χ3n) is 2.61. The number of halogens is 2. The number of benzene rings is 2. The second kappa shape index (κ2) is 6.93. The van der Waals surface area contributed by atoms with Crippen molar-refractivity contribution in [3.63, 3.8) is 0 Å². The molecule has 2 rings (SSSR count). The molecule has 0 aliphatic carbocycles. The molecule has 110 valence electrons. The summed E-state index contributed by atoms with van der Waals surface area (Å²) in [5.74, 6) is -0.581. The molecule has 1 amide bonds. The van der Waals surface area contributed by atoms with E-state index in [1.807, 2.05) is 0 Å². The molecule has 3 N–H and O–H groups in total. The van der Waals surface area contributed by atoms with Crippen molar-refractivity contribution in [2.45, 2.75) is 4.90 Å². The van der Waals surface area contributed by atoms with Gasteiger partial charge in [-0.05, 0) is 42.5 Å². The highest BCUT2D eigenvalue weighted by molar-refractivity contribution is 7.86. The molecule has 21 heavy (non-hydrogen) atoms. The molecule has 0 heterocycles. The smallest absolute Gasteiger partial charge is 0.237 e. The minimum absolute atomic E-state index is 0.201. The molecule has 0 aromatic heterocycles. The van der Waals surface area contributed by atoms with Crippen LogP contribution < -0.4 is 11.1 Å². The molecule has 2 aromatic rings. The maximum Gasteiger partial charge on any atom is 0.237 e. The van der Waals surface area contributed by atoms with Gasteiger partial charge in [0.25, 0.3) is 0 Å². The molecular weight excluding hydrogens is 331 g/mol. The lowest BCUT2D eigenvalue weighted by Gasteiger charge is -2.07. The van der Waals surface area contributed by atoms with Crippen molar-refractivity contribution < 1.29 is 9.00 Å². The van der Waals surface area contributed by atoms with Crippen LogP contribution in [-0.4, -0.2) is 15.9 Å². The van der Waals surface area contributed by atoms with Gasteiger partial charge in [0.05, 0.1) is 15.7 Å². The first-order chi connectivity index (χ1) is 9.95. The number of amides is 1. The number of nitrogen functional groups attached to an aromatic ring is 1. The lowest BCUT2D eigenvalue weighted by atomic mass is 10.3. The summed E-state index contributed by atoms with van der Waals surface area (Å²) in [5, 5.41) is 3.63. The molecule has 0 saturated carbocycles. The summed E-state index contributed by atoms with van der Waals surface area (Å²) in [6.45, 7) is 0. The average Bonchev–Trinajstić information content (AvgIpc) is 2.44. The fourth-order valence-electron chi connectivity index (χ4n) is 1.63. The molecule has 0 aliphatic heterocycles. The van der Waals surface area contributed by atoms with Gasteiger partial charge in [-0.3, -0.25) is 9.00 Å². The van der Waals surface area contributed by atoms with Crippen molar-refractivity contribution in [2.75, 3.05) is 16.8 Å². The molecule has 1 unspecified atom stereocenters. The van der Waals surface area contributed by atoms with Crippen molar-refractivity contribution in [3.05, 3.63) is 52.5 Å². The van der Waals surface area contributed by atoms with Gasteiger partial charge >= 0.3 is 0 Å². The van der Waals surface area contributed by atoms with E-state index in [9.17, 15) is 9.00 Å². The molecule has 0 spiro atoms. The van der Waals surface area contributed by atoms with Gasteiger partial charge in [-0.15, -0.1) is 0 Å². The molecule has 7 heteroatoms. The Morgan fingerprint density at radius 3 is 2.38 bits per heavy atom. The highest BCUT2D eigenvalue weighted by atomic mass is 35.5. The number of carbonyl (C=O) groups excluding carboxylic acids is 1. The van der Waals surface area contributed by atoms with Gasteiger partial charge in [-0.1, -0.05) is 23.2 Å². The topological polar surface area (TPSA) is 72.2 Å². The van der Waals surface area contributed by atoms with E-state index < -0.39 is 10.8 Å². The van der Waals surface area contributed by atoms with Crippen LogP contribution >= 0.6 is 23.2 Å². The van der Waals surface area contributed by atoms with E-state index in [0.29, 0.717) is 26.3 Å². The zero-order valence-electron chi connectivity index (χ0n) is 10.8. The van der Waals surface area contributed by atoms with Gasteiger partial charge in [-0.25, -0.2) is 0 Å². The first-order valence-corrected chi connectivity index (χ1v) is 8.02. The lowest BCUT2D eigenvalue weighted by molar-refractivity contribution is -0.113. The normalized spacial score (nSPS) is 11.9. The predicted molar refractivity (Wildman–Crippen MR) is 87.2 cm³/mol. The molecule has 0 saturated heterocycles. The van der Waals surface area contributed by atoms with Crippen LogP contribution in [0.25, 0.3) is 0 Å². The van der Waals surface area contributed by atoms with E-state index >= 15 is 0 Å². The molecular formula is C14H12Cl2N2O2S. The first kappa shape index (κ1) is 15.8. The maximum absolute atomic E-state index is 12.2. The SMILES string of the molecule is Nc1ccc(Cl)cc1S(=O)CC(=O)Nc1ccc(Cl)cc1. The van der Waals surface area contributed by atoms with Crippen LogP contribution in [0.15, 0.2) is 47.4 Å². The third-order valence-corrected chi connectivity index (χ3v) is 4.47. The minimum Gasteiger partial charge on any atom is -0.398 e. The van der Waals surface area contributed by atoms with Crippen molar-refractivity contribution >= 4 is 51.3 Å². The summed E-state index contributed by atoms with van der Waals surface area (Å²) >= 11 is 11.6. The highest BCUT2D eigenvalue weighted by Gasteiger charge is 2.13. The monoisotopic (exact) mass is 342 g/mol. The van der Waals surface area contributed by atoms with Crippen molar-refractivity contribution in [1.29, 1.82) is 0 Å². The average molecular weight is 343 g/mol. The van der Waals surface area contributed by atoms with Crippen LogP contribution in [0.2, 0.25) is 10.0 Å². The summed E-state index contributed by atoms with van der Waals surface area (Å²) in [7, 11) is -1.56. The summed E-state index contributed by atoms with van der Waals surface area (Å²) in [6.07, 6.45) is 0. The van der Waals surface area contributed by atoms with E-state index in [1.165, 1.54) is 6.07 Å². The number of anilines is 2. The zero-order chi connectivity index (χ0) is 15.4. The second-order valence-electron chi connectivity index (χ2n) is 4.23. The Morgan fingerprint density at radius 2 is 1.71 bits per heavy atom. The quantitative estimate of drug-likeness (QED) is 0.837. The summed E-state index contributed by atoms with van der Waals surface area (Å²) in [4.78, 5) is 12.2. The summed E-state index contributed by atoms with van der Waals surface area (Å²) in [6, 6.07) is 11.3. The molecule has 0 bridgehead atoms. The molecule has 0 fully saturated rings. The molecule has 1 atom stereocenters. The second-order valence-corrected chi connectivity index (χ2v) is 6.52. The Hall–Kier alpha value is -1.56. The van der Waals surface area contributed by atoms with Crippen molar-refractivity contribution in [3.8, 4) is 0 Å². The van der Waals surface area contributed by atoms with E-state index in [0.717, 1.165) is 0 Å². The van der Waals surface area contributed by atoms with Crippen LogP contribution in [0.4, 0.5) is 11.4 Å². The van der Waals surface area contributed by atoms with Gasteiger partial charge in [0.15, 0.2) is 0 Å². The van der Waals surface area contributed by atoms with Crippen LogP contribution in [0, 0.1) is 0 Å². The Labute approximate surface area is 134 Å². The number of carbonyl (C=O) groups is 1. The number of hydrogen-bond donors (Lipinski definition) is 2. The number of hydrogen-bond acceptors (Lipinski definition) is 3. The molecule has 0 radical (unpaired) electrons. The van der Waals surface area contributed by atoms with E-state index in [1.54, 1.807) is 36.4 Å². The van der Waals surface area contributed by atoms with Gasteiger partial charge < -0.3 is 11.1 Å². The Balaban J connectivity index is 2.03. The van der Waals surface area contributed by atoms with E-state index in [-0.39, 0.29) is 11.7 Å². The van der Waals surface area contributed by atoms with Crippen molar-refractivity contribution in [1.82, 2.24) is 0 Å². The largest absolute Gasteiger partial charge is 0.398 e. The predicted octanol–water partition coefficient (Wildman–Crippen LogP) is 3.32. The van der Waals surface area contributed by atoms with Crippen LogP contribution in [0.5, 0.6) is 0 Å². The fourth-order valence-corrected chi connectivity index (χ4v) is 3.05. The van der Waals surface area contributed by atoms with Gasteiger partial charge in [0.1, 0.15) is 5.75 Å². The third kappa shape index (κ3) is 4.46. The molecule has 0 aliphatic rings. The van der Waals surface area contributed by atoms with Crippen LogP contribution in [-0.2, 0) is 15.6 Å². The Bertz CT molecular complexity index is 690. The van der Waals surface area contributed by atoms with Gasteiger partial charge in [0, 0.05) is 21.4 Å². The van der Waals surface area contributed by atoms with E-state index in [4.69, 9.17) is 28.9 Å². The maximum atomic E-state index is 12.2. The zero-order valence-corrected chi connectivity index (χ0v) is 13.1.